The third kappa shape index (κ3) is 3.71. The summed E-state index contributed by atoms with van der Waals surface area (Å²) in [7, 11) is 0. The number of hydrogen-bond donors (Lipinski definition) is 1. The quantitative estimate of drug-likeness (QED) is 0.921. The normalized spacial score (nSPS) is 17.2. The van der Waals surface area contributed by atoms with Crippen molar-refractivity contribution in [2.75, 3.05) is 37.6 Å². The molecule has 23 heavy (non-hydrogen) atoms. The highest BCUT2D eigenvalue weighted by Gasteiger charge is 2.24. The molecule has 0 spiro atoms. The minimum atomic E-state index is 0.312. The van der Waals surface area contributed by atoms with E-state index in [-0.39, 0.29) is 0 Å². The Labute approximate surface area is 138 Å². The molecule has 0 bridgehead atoms. The van der Waals surface area contributed by atoms with E-state index in [4.69, 9.17) is 5.73 Å². The number of benzene rings is 1. The van der Waals surface area contributed by atoms with E-state index in [1.54, 1.807) is 0 Å². The Kier molecular flexibility index (Phi) is 5.26. The van der Waals surface area contributed by atoms with Crippen LogP contribution in [0.15, 0.2) is 48.7 Å². The molecule has 0 saturated carbocycles. The second-order valence-corrected chi connectivity index (χ2v) is 6.06. The maximum Gasteiger partial charge on any atom is 0.128 e. The van der Waals surface area contributed by atoms with Gasteiger partial charge in [0.2, 0.25) is 0 Å². The Morgan fingerprint density at radius 3 is 2.35 bits per heavy atom. The minimum Gasteiger partial charge on any atom is -0.354 e. The Bertz CT molecular complexity index is 589. The van der Waals surface area contributed by atoms with E-state index in [1.165, 1.54) is 11.1 Å². The molecule has 1 fully saturated rings. The third-order valence-corrected chi connectivity index (χ3v) is 4.72. The van der Waals surface area contributed by atoms with Crippen LogP contribution in [0.5, 0.6) is 0 Å². The van der Waals surface area contributed by atoms with Gasteiger partial charge in [0.25, 0.3) is 0 Å². The number of piperazine rings is 1. The maximum absolute atomic E-state index is 6.08. The van der Waals surface area contributed by atoms with Crippen LogP contribution >= 0.6 is 0 Å². The fourth-order valence-corrected chi connectivity index (χ4v) is 3.27. The SMILES string of the molecule is CCc1ccc(C(CN)N2CCN(c3ccccn3)CC2)cc1. The second-order valence-electron chi connectivity index (χ2n) is 6.06. The van der Waals surface area contributed by atoms with Crippen LogP contribution in [0.1, 0.15) is 24.1 Å². The van der Waals surface area contributed by atoms with Crippen molar-refractivity contribution in [1.29, 1.82) is 0 Å². The van der Waals surface area contributed by atoms with Crippen LogP contribution in [0.3, 0.4) is 0 Å². The molecule has 122 valence electrons. The van der Waals surface area contributed by atoms with E-state index in [9.17, 15) is 0 Å². The van der Waals surface area contributed by atoms with Gasteiger partial charge in [-0.25, -0.2) is 4.98 Å². The van der Waals surface area contributed by atoms with Crippen molar-refractivity contribution >= 4 is 5.82 Å². The average Bonchev–Trinajstić information content (AvgIpc) is 2.64. The molecule has 1 saturated heterocycles. The second kappa shape index (κ2) is 7.57. The molecule has 1 aliphatic rings. The topological polar surface area (TPSA) is 45.4 Å². The standard InChI is InChI=1S/C19H26N4/c1-2-16-6-8-17(9-7-16)18(15-20)22-11-13-23(14-12-22)19-5-3-4-10-21-19/h3-10,18H,2,11-15,20H2,1H3. The summed E-state index contributed by atoms with van der Waals surface area (Å²) >= 11 is 0. The molecule has 1 atom stereocenters. The summed E-state index contributed by atoms with van der Waals surface area (Å²) in [6, 6.07) is 15.3. The Balaban J connectivity index is 1.65. The fraction of sp³-hybridized carbons (Fsp3) is 0.421. The van der Waals surface area contributed by atoms with E-state index in [0.29, 0.717) is 12.6 Å². The number of pyridine rings is 1. The average molecular weight is 310 g/mol. The van der Waals surface area contributed by atoms with Gasteiger partial charge < -0.3 is 10.6 Å². The number of nitrogens with two attached hydrogens (primary N) is 1. The van der Waals surface area contributed by atoms with Gasteiger partial charge >= 0.3 is 0 Å². The Morgan fingerprint density at radius 2 is 1.78 bits per heavy atom. The number of aryl methyl sites for hydroxylation is 1. The van der Waals surface area contributed by atoms with Gasteiger partial charge in [0.1, 0.15) is 5.82 Å². The number of rotatable bonds is 5. The van der Waals surface area contributed by atoms with E-state index in [1.807, 2.05) is 18.3 Å². The van der Waals surface area contributed by atoms with Gasteiger partial charge in [-0.15, -0.1) is 0 Å². The highest BCUT2D eigenvalue weighted by Crippen LogP contribution is 2.23. The van der Waals surface area contributed by atoms with Crippen LogP contribution in [-0.4, -0.2) is 42.6 Å². The molecule has 0 amide bonds. The molecule has 2 aromatic rings. The van der Waals surface area contributed by atoms with Crippen LogP contribution in [0.4, 0.5) is 5.82 Å². The molecule has 3 rings (SSSR count). The lowest BCUT2D eigenvalue weighted by Crippen LogP contribution is -2.49. The molecule has 0 radical (unpaired) electrons. The monoisotopic (exact) mass is 310 g/mol. The van der Waals surface area contributed by atoms with Crippen LogP contribution < -0.4 is 10.6 Å². The van der Waals surface area contributed by atoms with E-state index in [0.717, 1.165) is 38.4 Å². The van der Waals surface area contributed by atoms with Crippen molar-refractivity contribution < 1.29 is 0 Å². The van der Waals surface area contributed by atoms with Crippen LogP contribution in [-0.2, 0) is 6.42 Å². The third-order valence-electron chi connectivity index (χ3n) is 4.72. The summed E-state index contributed by atoms with van der Waals surface area (Å²) in [6.07, 6.45) is 2.94. The van der Waals surface area contributed by atoms with E-state index >= 15 is 0 Å². The molecular weight excluding hydrogens is 284 g/mol. The first-order valence-electron chi connectivity index (χ1n) is 8.50. The lowest BCUT2D eigenvalue weighted by Gasteiger charge is -2.39. The zero-order valence-electron chi connectivity index (χ0n) is 13.9. The predicted octanol–water partition coefficient (Wildman–Crippen LogP) is 2.47. The van der Waals surface area contributed by atoms with Crippen LogP contribution in [0.2, 0.25) is 0 Å². The van der Waals surface area contributed by atoms with E-state index < -0.39 is 0 Å². The van der Waals surface area contributed by atoms with Crippen molar-refractivity contribution in [2.24, 2.45) is 5.73 Å². The first-order chi connectivity index (χ1) is 11.3. The lowest BCUT2D eigenvalue weighted by atomic mass is 10.0. The summed E-state index contributed by atoms with van der Waals surface area (Å²) in [5.74, 6) is 1.07. The zero-order chi connectivity index (χ0) is 16.1. The maximum atomic E-state index is 6.08. The molecule has 0 aliphatic carbocycles. The first kappa shape index (κ1) is 16.0. The summed E-state index contributed by atoms with van der Waals surface area (Å²) < 4.78 is 0. The van der Waals surface area contributed by atoms with Crippen molar-refractivity contribution in [1.82, 2.24) is 9.88 Å². The highest BCUT2D eigenvalue weighted by molar-refractivity contribution is 5.38. The van der Waals surface area contributed by atoms with Gasteiger partial charge in [-0.2, -0.15) is 0 Å². The summed E-state index contributed by atoms with van der Waals surface area (Å²) in [6.45, 7) is 6.89. The molecule has 1 aromatic carbocycles. The summed E-state index contributed by atoms with van der Waals surface area (Å²) in [5, 5.41) is 0. The van der Waals surface area contributed by atoms with Crippen molar-refractivity contribution in [3.05, 3.63) is 59.8 Å². The predicted molar refractivity (Wildman–Crippen MR) is 95.6 cm³/mol. The van der Waals surface area contributed by atoms with Crippen molar-refractivity contribution in [3.8, 4) is 0 Å². The largest absolute Gasteiger partial charge is 0.354 e. The lowest BCUT2D eigenvalue weighted by molar-refractivity contribution is 0.190. The first-order valence-corrected chi connectivity index (χ1v) is 8.50. The highest BCUT2D eigenvalue weighted by atomic mass is 15.3. The van der Waals surface area contributed by atoms with Gasteiger partial charge in [-0.05, 0) is 29.7 Å². The molecule has 4 nitrogen and oxygen atoms in total. The molecule has 2 N–H and O–H groups in total. The Morgan fingerprint density at radius 1 is 1.04 bits per heavy atom. The van der Waals surface area contributed by atoms with E-state index in [2.05, 4.69) is 52.0 Å². The van der Waals surface area contributed by atoms with Gasteiger partial charge in [-0.1, -0.05) is 37.3 Å². The molecule has 1 aromatic heterocycles. The summed E-state index contributed by atoms with van der Waals surface area (Å²) in [5.41, 5.74) is 8.79. The minimum absolute atomic E-state index is 0.312. The molecule has 1 aliphatic heterocycles. The smallest absolute Gasteiger partial charge is 0.128 e. The van der Waals surface area contributed by atoms with Crippen molar-refractivity contribution in [3.63, 3.8) is 0 Å². The number of nitrogens with zero attached hydrogens (tertiary/aromatic N) is 3. The number of aromatic nitrogens is 1. The van der Waals surface area contributed by atoms with Crippen LogP contribution in [0.25, 0.3) is 0 Å². The number of hydrogen-bond acceptors (Lipinski definition) is 4. The molecule has 2 heterocycles. The van der Waals surface area contributed by atoms with Gasteiger partial charge in [0, 0.05) is 45.0 Å². The summed E-state index contributed by atoms with van der Waals surface area (Å²) in [4.78, 5) is 9.30. The molecule has 1 unspecified atom stereocenters. The number of anilines is 1. The van der Waals surface area contributed by atoms with Crippen LogP contribution in [0, 0.1) is 0 Å². The zero-order valence-corrected chi connectivity index (χ0v) is 13.9. The molecular formula is C19H26N4. The Hall–Kier alpha value is -1.91. The van der Waals surface area contributed by atoms with Gasteiger partial charge in [-0.3, -0.25) is 4.90 Å². The fourth-order valence-electron chi connectivity index (χ4n) is 3.27. The van der Waals surface area contributed by atoms with Gasteiger partial charge in [0.15, 0.2) is 0 Å². The van der Waals surface area contributed by atoms with Crippen molar-refractivity contribution in [2.45, 2.75) is 19.4 Å². The molecule has 4 heteroatoms. The van der Waals surface area contributed by atoms with Gasteiger partial charge in [0.05, 0.1) is 0 Å².